The second-order valence-corrected chi connectivity index (χ2v) is 4.31. The molecule has 5 nitrogen and oxygen atoms in total. The van der Waals surface area contributed by atoms with Crippen LogP contribution in [-0.2, 0) is 4.74 Å². The minimum Gasteiger partial charge on any atom is -0.383 e. The molecule has 0 aromatic carbocycles. The summed E-state index contributed by atoms with van der Waals surface area (Å²) in [4.78, 5) is 18.5. The number of amides is 1. The van der Waals surface area contributed by atoms with Crippen molar-refractivity contribution in [1.82, 2.24) is 9.88 Å². The van der Waals surface area contributed by atoms with E-state index in [2.05, 4.69) is 4.98 Å². The minimum absolute atomic E-state index is 0.0719. The summed E-state index contributed by atoms with van der Waals surface area (Å²) >= 11 is 1.33. The van der Waals surface area contributed by atoms with Gasteiger partial charge in [0.2, 0.25) is 0 Å². The fourth-order valence-corrected chi connectivity index (χ4v) is 2.12. The average molecular weight is 253 g/mol. The van der Waals surface area contributed by atoms with E-state index in [9.17, 15) is 4.79 Å². The lowest BCUT2D eigenvalue weighted by Gasteiger charge is -2.20. The van der Waals surface area contributed by atoms with Crippen LogP contribution in [0.1, 0.15) is 21.8 Å². The van der Waals surface area contributed by atoms with Gasteiger partial charge in [-0.05, 0) is 6.92 Å². The van der Waals surface area contributed by atoms with Gasteiger partial charge in [-0.15, -0.1) is 11.3 Å². The van der Waals surface area contributed by atoms with Crippen LogP contribution in [0.3, 0.4) is 0 Å². The zero-order valence-electron chi connectivity index (χ0n) is 9.97. The highest BCUT2D eigenvalue weighted by Gasteiger charge is 2.18. The van der Waals surface area contributed by atoms with E-state index in [-0.39, 0.29) is 5.91 Å². The van der Waals surface area contributed by atoms with Gasteiger partial charge in [-0.3, -0.25) is 4.79 Å². The Bertz CT molecular complexity index is 411. The van der Waals surface area contributed by atoms with Crippen LogP contribution in [0.4, 0.5) is 0 Å². The maximum atomic E-state index is 12.2. The number of ether oxygens (including phenoxy) is 1. The molecule has 1 aromatic heterocycles. The van der Waals surface area contributed by atoms with E-state index in [1.807, 2.05) is 13.0 Å². The predicted octanol–water partition coefficient (Wildman–Crippen LogP) is 1.45. The van der Waals surface area contributed by atoms with E-state index in [0.29, 0.717) is 31.0 Å². The van der Waals surface area contributed by atoms with Gasteiger partial charge >= 0.3 is 0 Å². The van der Waals surface area contributed by atoms with Gasteiger partial charge in [0.1, 0.15) is 4.88 Å². The first-order valence-electron chi connectivity index (χ1n) is 5.26. The standard InChI is InChI=1S/C11H15N3O2S/c1-9-10(17-8-13-9)11(15)14(5-3-4-12)6-7-16-2/h8H,3,5-7H2,1-2H3. The van der Waals surface area contributed by atoms with Crippen molar-refractivity contribution >= 4 is 17.2 Å². The molecular formula is C11H15N3O2S. The average Bonchev–Trinajstić information content (AvgIpc) is 2.75. The quantitative estimate of drug-likeness (QED) is 0.769. The van der Waals surface area contributed by atoms with Crippen molar-refractivity contribution in [3.8, 4) is 6.07 Å². The topological polar surface area (TPSA) is 66.2 Å². The lowest BCUT2D eigenvalue weighted by molar-refractivity contribution is 0.0703. The van der Waals surface area contributed by atoms with Crippen molar-refractivity contribution in [3.63, 3.8) is 0 Å². The SMILES string of the molecule is COCCN(CCC#N)C(=O)c1scnc1C. The summed E-state index contributed by atoms with van der Waals surface area (Å²) in [6.45, 7) is 3.20. The number of methoxy groups -OCH3 is 1. The molecule has 0 atom stereocenters. The molecule has 92 valence electrons. The highest BCUT2D eigenvalue weighted by Crippen LogP contribution is 2.15. The number of carbonyl (C=O) groups is 1. The maximum Gasteiger partial charge on any atom is 0.265 e. The van der Waals surface area contributed by atoms with Gasteiger partial charge in [0.25, 0.3) is 5.91 Å². The van der Waals surface area contributed by atoms with E-state index in [1.165, 1.54) is 11.3 Å². The Kier molecular flexibility index (Phi) is 5.60. The summed E-state index contributed by atoms with van der Waals surface area (Å²) in [6, 6.07) is 2.04. The molecule has 1 heterocycles. The number of rotatable bonds is 6. The van der Waals surface area contributed by atoms with Crippen molar-refractivity contribution < 1.29 is 9.53 Å². The molecule has 0 unspecified atom stereocenters. The van der Waals surface area contributed by atoms with Crippen molar-refractivity contribution in [2.75, 3.05) is 26.8 Å². The molecule has 1 amide bonds. The molecule has 0 aliphatic carbocycles. The van der Waals surface area contributed by atoms with Gasteiger partial charge in [0.15, 0.2) is 0 Å². The summed E-state index contributed by atoms with van der Waals surface area (Å²) in [5.41, 5.74) is 2.39. The Balaban J connectivity index is 2.72. The third-order valence-electron chi connectivity index (χ3n) is 2.29. The minimum atomic E-state index is -0.0719. The van der Waals surface area contributed by atoms with Gasteiger partial charge in [-0.2, -0.15) is 5.26 Å². The van der Waals surface area contributed by atoms with Crippen molar-refractivity contribution in [3.05, 3.63) is 16.1 Å². The predicted molar refractivity (Wildman–Crippen MR) is 64.9 cm³/mol. The fourth-order valence-electron chi connectivity index (χ4n) is 1.35. The summed E-state index contributed by atoms with van der Waals surface area (Å²) in [5, 5.41) is 8.58. The molecule has 1 rings (SSSR count). The highest BCUT2D eigenvalue weighted by molar-refractivity contribution is 7.11. The third kappa shape index (κ3) is 3.80. The lowest BCUT2D eigenvalue weighted by Crippen LogP contribution is -2.34. The first kappa shape index (κ1) is 13.6. The number of hydrogen-bond acceptors (Lipinski definition) is 5. The van der Waals surface area contributed by atoms with Crippen LogP contribution >= 0.6 is 11.3 Å². The van der Waals surface area contributed by atoms with Crippen LogP contribution in [0.5, 0.6) is 0 Å². The van der Waals surface area contributed by atoms with Crippen LogP contribution in [0.25, 0.3) is 0 Å². The van der Waals surface area contributed by atoms with Gasteiger partial charge < -0.3 is 9.64 Å². The molecule has 0 radical (unpaired) electrons. The molecule has 0 fully saturated rings. The summed E-state index contributed by atoms with van der Waals surface area (Å²) in [7, 11) is 1.59. The number of nitrogens with zero attached hydrogens (tertiary/aromatic N) is 3. The number of aryl methyl sites for hydroxylation is 1. The Morgan fingerprint density at radius 1 is 1.65 bits per heavy atom. The molecule has 0 saturated carbocycles. The molecule has 0 aliphatic rings. The molecule has 0 aliphatic heterocycles. The van der Waals surface area contributed by atoms with Crippen molar-refractivity contribution in [2.45, 2.75) is 13.3 Å². The zero-order chi connectivity index (χ0) is 12.7. The molecule has 0 spiro atoms. The first-order valence-corrected chi connectivity index (χ1v) is 6.14. The Hall–Kier alpha value is -1.45. The van der Waals surface area contributed by atoms with Gasteiger partial charge in [-0.1, -0.05) is 0 Å². The summed E-state index contributed by atoms with van der Waals surface area (Å²) in [6.07, 6.45) is 0.327. The smallest absolute Gasteiger partial charge is 0.265 e. The molecule has 0 bridgehead atoms. The van der Waals surface area contributed by atoms with Crippen LogP contribution in [0.2, 0.25) is 0 Å². The van der Waals surface area contributed by atoms with Crippen LogP contribution in [0, 0.1) is 18.3 Å². The largest absolute Gasteiger partial charge is 0.383 e. The van der Waals surface area contributed by atoms with Crippen LogP contribution < -0.4 is 0 Å². The van der Waals surface area contributed by atoms with E-state index in [1.54, 1.807) is 17.5 Å². The third-order valence-corrected chi connectivity index (χ3v) is 3.20. The van der Waals surface area contributed by atoms with Crippen molar-refractivity contribution in [2.24, 2.45) is 0 Å². The first-order chi connectivity index (χ1) is 8.20. The molecule has 1 aromatic rings. The number of carbonyl (C=O) groups excluding carboxylic acids is 1. The second kappa shape index (κ2) is 6.99. The maximum absolute atomic E-state index is 12.2. The highest BCUT2D eigenvalue weighted by atomic mass is 32.1. The second-order valence-electron chi connectivity index (χ2n) is 3.46. The van der Waals surface area contributed by atoms with Crippen LogP contribution in [-0.4, -0.2) is 42.6 Å². The van der Waals surface area contributed by atoms with E-state index in [0.717, 1.165) is 5.69 Å². The van der Waals surface area contributed by atoms with Gasteiger partial charge in [-0.25, -0.2) is 4.98 Å². The number of hydrogen-bond donors (Lipinski definition) is 0. The summed E-state index contributed by atoms with van der Waals surface area (Å²) < 4.78 is 4.96. The van der Waals surface area contributed by atoms with E-state index in [4.69, 9.17) is 10.00 Å². The zero-order valence-corrected chi connectivity index (χ0v) is 10.8. The molecule has 17 heavy (non-hydrogen) atoms. The Morgan fingerprint density at radius 2 is 2.41 bits per heavy atom. The molecular weight excluding hydrogens is 238 g/mol. The fraction of sp³-hybridized carbons (Fsp3) is 0.545. The molecule has 0 N–H and O–H groups in total. The Morgan fingerprint density at radius 3 is 2.94 bits per heavy atom. The number of thiazole rings is 1. The number of aromatic nitrogens is 1. The van der Waals surface area contributed by atoms with Gasteiger partial charge in [0.05, 0.1) is 30.3 Å². The van der Waals surface area contributed by atoms with Crippen LogP contribution in [0.15, 0.2) is 5.51 Å². The Labute approximate surface area is 105 Å². The normalized spacial score (nSPS) is 9.94. The summed E-state index contributed by atoms with van der Waals surface area (Å²) in [5.74, 6) is -0.0719. The van der Waals surface area contributed by atoms with E-state index >= 15 is 0 Å². The molecule has 0 saturated heterocycles. The van der Waals surface area contributed by atoms with Gasteiger partial charge in [0, 0.05) is 20.2 Å². The number of nitriles is 1. The monoisotopic (exact) mass is 253 g/mol. The molecule has 6 heteroatoms. The van der Waals surface area contributed by atoms with E-state index < -0.39 is 0 Å². The van der Waals surface area contributed by atoms with Crippen molar-refractivity contribution in [1.29, 1.82) is 5.26 Å². The lowest BCUT2D eigenvalue weighted by atomic mass is 10.3.